The van der Waals surface area contributed by atoms with Crippen molar-refractivity contribution in [2.24, 2.45) is 0 Å². The SMILES string of the molecule is COc1ccc(O)c(NC(=O)c2cc(-c3cnn(C4CCN(C)CC4)c3)cnc2N)c1. The molecule has 0 atom stereocenters. The Labute approximate surface area is 180 Å². The zero-order valence-corrected chi connectivity index (χ0v) is 17.6. The van der Waals surface area contributed by atoms with Gasteiger partial charge >= 0.3 is 0 Å². The highest BCUT2D eigenvalue weighted by molar-refractivity contribution is 6.08. The Balaban J connectivity index is 1.56. The summed E-state index contributed by atoms with van der Waals surface area (Å²) in [5, 5.41) is 17.2. The number of hydrogen-bond acceptors (Lipinski definition) is 7. The zero-order valence-electron chi connectivity index (χ0n) is 17.6. The molecule has 3 heterocycles. The number of pyridine rings is 1. The van der Waals surface area contributed by atoms with Gasteiger partial charge in [0, 0.05) is 29.6 Å². The first-order chi connectivity index (χ1) is 14.9. The fourth-order valence-corrected chi connectivity index (χ4v) is 3.69. The molecule has 31 heavy (non-hydrogen) atoms. The van der Waals surface area contributed by atoms with Crippen LogP contribution < -0.4 is 15.8 Å². The summed E-state index contributed by atoms with van der Waals surface area (Å²) < 4.78 is 7.14. The number of likely N-dealkylation sites (tertiary alicyclic amines) is 1. The predicted octanol–water partition coefficient (Wildman–Crippen LogP) is 2.76. The lowest BCUT2D eigenvalue weighted by atomic mass is 10.1. The van der Waals surface area contributed by atoms with E-state index in [4.69, 9.17) is 10.5 Å². The number of rotatable bonds is 5. The minimum Gasteiger partial charge on any atom is -0.506 e. The Kier molecular flexibility index (Phi) is 5.77. The maximum Gasteiger partial charge on any atom is 0.259 e. The second-order valence-electron chi connectivity index (χ2n) is 7.74. The van der Waals surface area contributed by atoms with Crippen molar-refractivity contribution in [2.75, 3.05) is 38.3 Å². The second kappa shape index (κ2) is 8.65. The number of piperidine rings is 1. The van der Waals surface area contributed by atoms with Crippen LogP contribution in [0.3, 0.4) is 0 Å². The summed E-state index contributed by atoms with van der Waals surface area (Å²) in [6, 6.07) is 6.63. The molecular weight excluding hydrogens is 396 g/mol. The fraction of sp³-hybridized carbons (Fsp3) is 0.318. The van der Waals surface area contributed by atoms with Gasteiger partial charge in [-0.1, -0.05) is 0 Å². The number of nitrogens with two attached hydrogens (primary N) is 1. The lowest BCUT2D eigenvalue weighted by Crippen LogP contribution is -2.31. The van der Waals surface area contributed by atoms with Crippen molar-refractivity contribution in [1.82, 2.24) is 19.7 Å². The molecule has 9 nitrogen and oxygen atoms in total. The van der Waals surface area contributed by atoms with Crippen molar-refractivity contribution in [2.45, 2.75) is 18.9 Å². The number of aromatic hydroxyl groups is 1. The minimum atomic E-state index is -0.474. The van der Waals surface area contributed by atoms with Crippen LogP contribution in [-0.2, 0) is 0 Å². The lowest BCUT2D eigenvalue weighted by Gasteiger charge is -2.28. The Morgan fingerprint density at radius 2 is 2.00 bits per heavy atom. The summed E-state index contributed by atoms with van der Waals surface area (Å²) in [5.41, 5.74) is 8.02. The van der Waals surface area contributed by atoms with Crippen LogP contribution in [0.25, 0.3) is 11.1 Å². The molecule has 1 aromatic carbocycles. The van der Waals surface area contributed by atoms with Crippen LogP contribution in [0.5, 0.6) is 11.5 Å². The second-order valence-corrected chi connectivity index (χ2v) is 7.74. The van der Waals surface area contributed by atoms with E-state index in [0.717, 1.165) is 37.1 Å². The van der Waals surface area contributed by atoms with Crippen LogP contribution in [0.1, 0.15) is 29.2 Å². The summed E-state index contributed by atoms with van der Waals surface area (Å²) in [7, 11) is 3.64. The third kappa shape index (κ3) is 4.46. The van der Waals surface area contributed by atoms with Crippen molar-refractivity contribution in [3.8, 4) is 22.6 Å². The maximum atomic E-state index is 12.8. The first kappa shape index (κ1) is 20.7. The van der Waals surface area contributed by atoms with Crippen molar-refractivity contribution in [1.29, 1.82) is 0 Å². The van der Waals surface area contributed by atoms with E-state index in [1.54, 1.807) is 24.5 Å². The number of nitrogens with one attached hydrogen (secondary N) is 1. The van der Waals surface area contributed by atoms with E-state index in [9.17, 15) is 9.90 Å². The Morgan fingerprint density at radius 3 is 2.74 bits per heavy atom. The van der Waals surface area contributed by atoms with E-state index in [-0.39, 0.29) is 22.8 Å². The van der Waals surface area contributed by atoms with Crippen LogP contribution in [-0.4, -0.2) is 57.9 Å². The predicted molar refractivity (Wildman–Crippen MR) is 118 cm³/mol. The van der Waals surface area contributed by atoms with Crippen LogP contribution in [0.15, 0.2) is 42.9 Å². The molecule has 0 saturated carbocycles. The Hall–Kier alpha value is -3.59. The Bertz CT molecular complexity index is 1090. The van der Waals surface area contributed by atoms with Gasteiger partial charge < -0.3 is 25.8 Å². The van der Waals surface area contributed by atoms with Crippen LogP contribution in [0, 0.1) is 0 Å². The number of benzene rings is 1. The van der Waals surface area contributed by atoms with Gasteiger partial charge in [-0.2, -0.15) is 5.10 Å². The molecule has 0 radical (unpaired) electrons. The van der Waals surface area contributed by atoms with Gasteiger partial charge in [-0.15, -0.1) is 0 Å². The minimum absolute atomic E-state index is 0.0729. The molecule has 0 spiro atoms. The van der Waals surface area contributed by atoms with Crippen molar-refractivity contribution in [3.05, 3.63) is 48.4 Å². The molecule has 1 aliphatic rings. The molecule has 1 amide bonds. The molecule has 1 saturated heterocycles. The van der Waals surface area contributed by atoms with Gasteiger partial charge in [0.05, 0.1) is 30.6 Å². The number of aromatic nitrogens is 3. The number of carbonyl (C=O) groups is 1. The third-order valence-corrected chi connectivity index (χ3v) is 5.61. The van der Waals surface area contributed by atoms with E-state index in [1.165, 1.54) is 19.2 Å². The number of methoxy groups -OCH3 is 1. The monoisotopic (exact) mass is 422 g/mol. The normalized spacial score (nSPS) is 15.0. The highest BCUT2D eigenvalue weighted by Crippen LogP contribution is 2.30. The summed E-state index contributed by atoms with van der Waals surface area (Å²) in [6.07, 6.45) is 7.50. The first-order valence-corrected chi connectivity index (χ1v) is 10.1. The number of phenols is 1. The van der Waals surface area contributed by atoms with Crippen LogP contribution in [0.4, 0.5) is 11.5 Å². The first-order valence-electron chi connectivity index (χ1n) is 10.1. The molecule has 1 fully saturated rings. The molecule has 4 N–H and O–H groups in total. The number of ether oxygens (including phenoxy) is 1. The number of nitrogens with zero attached hydrogens (tertiary/aromatic N) is 4. The highest BCUT2D eigenvalue weighted by atomic mass is 16.5. The molecule has 4 rings (SSSR count). The molecule has 2 aromatic heterocycles. The van der Waals surface area contributed by atoms with E-state index in [1.807, 2.05) is 10.9 Å². The van der Waals surface area contributed by atoms with Crippen LogP contribution >= 0.6 is 0 Å². The van der Waals surface area contributed by atoms with E-state index < -0.39 is 5.91 Å². The van der Waals surface area contributed by atoms with Gasteiger partial charge in [-0.25, -0.2) is 4.98 Å². The van der Waals surface area contributed by atoms with Gasteiger partial charge in [0.1, 0.15) is 17.3 Å². The van der Waals surface area contributed by atoms with Crippen molar-refractivity contribution >= 4 is 17.4 Å². The smallest absolute Gasteiger partial charge is 0.259 e. The number of phenolic OH excluding ortho intramolecular Hbond substituents is 1. The number of hydrogen-bond donors (Lipinski definition) is 3. The largest absolute Gasteiger partial charge is 0.506 e. The number of anilines is 2. The van der Waals surface area contributed by atoms with E-state index in [2.05, 4.69) is 27.3 Å². The van der Waals surface area contributed by atoms with Gasteiger partial charge in [0.25, 0.3) is 5.91 Å². The fourth-order valence-electron chi connectivity index (χ4n) is 3.69. The maximum absolute atomic E-state index is 12.8. The number of amides is 1. The standard InChI is InChI=1S/C22H26N6O3/c1-27-7-5-16(6-8-27)28-13-15(12-25-28)14-9-18(21(23)24-11-14)22(30)26-19-10-17(31-2)3-4-20(19)29/h3-4,9-13,16,29H,5-8H2,1-2H3,(H2,23,24)(H,26,30). The quantitative estimate of drug-likeness (QED) is 0.541. The summed E-state index contributed by atoms with van der Waals surface area (Å²) >= 11 is 0. The molecule has 3 aromatic rings. The topological polar surface area (TPSA) is 119 Å². The molecule has 0 unspecified atom stereocenters. The van der Waals surface area contributed by atoms with Gasteiger partial charge in [0.15, 0.2) is 0 Å². The van der Waals surface area contributed by atoms with Gasteiger partial charge in [0.2, 0.25) is 0 Å². The molecule has 9 heteroatoms. The van der Waals surface area contributed by atoms with Crippen molar-refractivity contribution in [3.63, 3.8) is 0 Å². The van der Waals surface area contributed by atoms with E-state index >= 15 is 0 Å². The Morgan fingerprint density at radius 1 is 1.23 bits per heavy atom. The molecule has 1 aliphatic heterocycles. The number of carbonyl (C=O) groups excluding carboxylic acids is 1. The lowest BCUT2D eigenvalue weighted by molar-refractivity contribution is 0.102. The van der Waals surface area contributed by atoms with Crippen molar-refractivity contribution < 1.29 is 14.6 Å². The average molecular weight is 422 g/mol. The summed E-state index contributed by atoms with van der Waals surface area (Å²) in [5.74, 6) is 0.0648. The molecule has 162 valence electrons. The average Bonchev–Trinajstić information content (AvgIpc) is 3.26. The van der Waals surface area contributed by atoms with Gasteiger partial charge in [-0.3, -0.25) is 9.48 Å². The summed E-state index contributed by atoms with van der Waals surface area (Å²) in [6.45, 7) is 2.09. The highest BCUT2D eigenvalue weighted by Gasteiger charge is 2.20. The van der Waals surface area contributed by atoms with Gasteiger partial charge in [-0.05, 0) is 51.2 Å². The molecule has 0 aliphatic carbocycles. The summed E-state index contributed by atoms with van der Waals surface area (Å²) in [4.78, 5) is 19.4. The molecule has 0 bridgehead atoms. The zero-order chi connectivity index (χ0) is 22.0. The van der Waals surface area contributed by atoms with Crippen LogP contribution in [0.2, 0.25) is 0 Å². The molecular formula is C22H26N6O3. The third-order valence-electron chi connectivity index (χ3n) is 5.61. The number of nitrogen functional groups attached to an aromatic ring is 1. The van der Waals surface area contributed by atoms with E-state index in [0.29, 0.717) is 11.8 Å².